The fraction of sp³-hybridized carbons (Fsp3) is 0.357. The third-order valence-electron chi connectivity index (χ3n) is 2.59. The van der Waals surface area contributed by atoms with E-state index in [-0.39, 0.29) is 11.9 Å². The summed E-state index contributed by atoms with van der Waals surface area (Å²) >= 11 is 0. The molecule has 1 unspecified atom stereocenters. The molecule has 0 aliphatic heterocycles. The van der Waals surface area contributed by atoms with Crippen LogP contribution < -0.4 is 11.1 Å². The van der Waals surface area contributed by atoms with E-state index in [1.54, 1.807) is 6.07 Å². The third-order valence-corrected chi connectivity index (χ3v) is 2.59. The number of hydrogen-bond donors (Lipinski definition) is 2. The van der Waals surface area contributed by atoms with Crippen molar-refractivity contribution in [2.45, 2.75) is 25.8 Å². The van der Waals surface area contributed by atoms with Gasteiger partial charge in [-0.25, -0.2) is 0 Å². The summed E-state index contributed by atoms with van der Waals surface area (Å²) in [6.45, 7) is 2.47. The maximum absolute atomic E-state index is 12.0. The Labute approximate surface area is 102 Å². The van der Waals surface area contributed by atoms with Crippen molar-refractivity contribution in [2.75, 3.05) is 6.54 Å². The van der Waals surface area contributed by atoms with Crippen molar-refractivity contribution in [3.63, 3.8) is 0 Å². The Balaban J connectivity index is 2.85. The minimum absolute atomic E-state index is 0.126. The zero-order valence-electron chi connectivity index (χ0n) is 10.1. The first-order valence-electron chi connectivity index (χ1n) is 5.77. The van der Waals surface area contributed by atoms with Gasteiger partial charge >= 0.3 is 0 Å². The highest BCUT2D eigenvalue weighted by molar-refractivity contribution is 5.96. The summed E-state index contributed by atoms with van der Waals surface area (Å²) in [4.78, 5) is 12.0. The number of carbonyl (C=O) groups excluding carboxylic acids is 1. The second-order valence-corrected chi connectivity index (χ2v) is 3.80. The number of nitrogens with one attached hydrogen (secondary N) is 1. The van der Waals surface area contributed by atoms with Crippen LogP contribution in [0.25, 0.3) is 0 Å². The monoisotopic (exact) mass is 230 g/mol. The molecule has 0 aliphatic carbocycles. The van der Waals surface area contributed by atoms with Crippen molar-refractivity contribution in [1.82, 2.24) is 5.32 Å². The molecule has 90 valence electrons. The molecule has 1 rings (SSSR count). The highest BCUT2D eigenvalue weighted by Gasteiger charge is 2.12. The maximum atomic E-state index is 12.0. The molecule has 1 aromatic rings. The minimum atomic E-state index is -0.214. The lowest BCUT2D eigenvalue weighted by molar-refractivity contribution is 0.0944. The number of hydrogen-bond acceptors (Lipinski definition) is 2. The molecule has 0 saturated carbocycles. The summed E-state index contributed by atoms with van der Waals surface area (Å²) in [6, 6.07) is 7.24. The molecule has 0 aromatic heterocycles. The van der Waals surface area contributed by atoms with Crippen LogP contribution in [0.2, 0.25) is 0 Å². The van der Waals surface area contributed by atoms with Crippen LogP contribution in [0, 0.1) is 12.3 Å². The topological polar surface area (TPSA) is 55.1 Å². The van der Waals surface area contributed by atoms with Gasteiger partial charge in [-0.05, 0) is 31.0 Å². The predicted octanol–water partition coefficient (Wildman–Crippen LogP) is 1.33. The van der Waals surface area contributed by atoms with E-state index in [0.717, 1.165) is 12.0 Å². The molecule has 1 amide bonds. The van der Waals surface area contributed by atoms with Crippen molar-refractivity contribution in [2.24, 2.45) is 5.73 Å². The van der Waals surface area contributed by atoms with Gasteiger partial charge in [0.1, 0.15) is 0 Å². The lowest BCUT2D eigenvalue weighted by atomic mass is 10.0. The SMILES string of the molecule is C#CC(CC)NC(=O)c1ccccc1CCN. The van der Waals surface area contributed by atoms with E-state index >= 15 is 0 Å². The Hall–Kier alpha value is -1.79. The van der Waals surface area contributed by atoms with Crippen LogP contribution in [0.15, 0.2) is 24.3 Å². The standard InChI is InChI=1S/C14H18N2O/c1-3-12(4-2)16-14(17)13-8-6-5-7-11(13)9-10-15/h1,5-8,12H,4,9-10,15H2,2H3,(H,16,17). The molecule has 0 bridgehead atoms. The predicted molar refractivity (Wildman–Crippen MR) is 69.6 cm³/mol. The van der Waals surface area contributed by atoms with Crippen LogP contribution in [0.1, 0.15) is 29.3 Å². The first-order chi connectivity index (χ1) is 8.22. The second kappa shape index (κ2) is 6.72. The van der Waals surface area contributed by atoms with E-state index in [9.17, 15) is 4.79 Å². The number of carbonyl (C=O) groups is 1. The van der Waals surface area contributed by atoms with Crippen LogP contribution in [-0.4, -0.2) is 18.5 Å². The van der Waals surface area contributed by atoms with Crippen LogP contribution >= 0.6 is 0 Å². The molecular formula is C14H18N2O. The second-order valence-electron chi connectivity index (χ2n) is 3.80. The van der Waals surface area contributed by atoms with E-state index in [1.807, 2.05) is 25.1 Å². The van der Waals surface area contributed by atoms with Gasteiger partial charge in [-0.15, -0.1) is 6.42 Å². The Kier molecular flexibility index (Phi) is 5.25. The molecule has 3 heteroatoms. The lowest BCUT2D eigenvalue weighted by Gasteiger charge is -2.13. The molecule has 17 heavy (non-hydrogen) atoms. The number of nitrogens with two attached hydrogens (primary N) is 1. The van der Waals surface area contributed by atoms with Gasteiger partial charge in [0.25, 0.3) is 5.91 Å². The molecule has 0 heterocycles. The number of benzene rings is 1. The molecule has 3 nitrogen and oxygen atoms in total. The normalized spacial score (nSPS) is 11.6. The summed E-state index contributed by atoms with van der Waals surface area (Å²) < 4.78 is 0. The van der Waals surface area contributed by atoms with Gasteiger partial charge in [-0.2, -0.15) is 0 Å². The molecule has 0 spiro atoms. The minimum Gasteiger partial charge on any atom is -0.338 e. The summed E-state index contributed by atoms with van der Waals surface area (Å²) in [5, 5.41) is 2.82. The van der Waals surface area contributed by atoms with Crippen LogP contribution in [0.3, 0.4) is 0 Å². The smallest absolute Gasteiger partial charge is 0.252 e. The van der Waals surface area contributed by atoms with Gasteiger partial charge in [0.15, 0.2) is 0 Å². The average Bonchev–Trinajstić information content (AvgIpc) is 2.36. The van der Waals surface area contributed by atoms with E-state index in [0.29, 0.717) is 18.5 Å². The first-order valence-corrected chi connectivity index (χ1v) is 5.77. The number of amides is 1. The first kappa shape index (κ1) is 13.3. The summed E-state index contributed by atoms with van der Waals surface area (Å²) in [5.41, 5.74) is 7.14. The van der Waals surface area contributed by atoms with E-state index in [2.05, 4.69) is 11.2 Å². The molecule has 1 aromatic carbocycles. The molecular weight excluding hydrogens is 212 g/mol. The molecule has 0 aliphatic rings. The van der Waals surface area contributed by atoms with Crippen LogP contribution in [0.5, 0.6) is 0 Å². The average molecular weight is 230 g/mol. The number of rotatable bonds is 5. The van der Waals surface area contributed by atoms with Crippen LogP contribution in [0.4, 0.5) is 0 Å². The largest absolute Gasteiger partial charge is 0.338 e. The Morgan fingerprint density at radius 2 is 2.24 bits per heavy atom. The van der Waals surface area contributed by atoms with E-state index in [1.165, 1.54) is 0 Å². The maximum Gasteiger partial charge on any atom is 0.252 e. The number of terminal acetylenes is 1. The molecule has 0 saturated heterocycles. The van der Waals surface area contributed by atoms with Gasteiger partial charge in [-0.1, -0.05) is 31.0 Å². The molecule has 0 radical (unpaired) electrons. The van der Waals surface area contributed by atoms with Crippen molar-refractivity contribution >= 4 is 5.91 Å². The fourth-order valence-corrected chi connectivity index (χ4v) is 1.61. The van der Waals surface area contributed by atoms with Crippen molar-refractivity contribution < 1.29 is 4.79 Å². The van der Waals surface area contributed by atoms with Gasteiger partial charge in [-0.3, -0.25) is 4.79 Å². The lowest BCUT2D eigenvalue weighted by Crippen LogP contribution is -2.33. The zero-order valence-corrected chi connectivity index (χ0v) is 10.1. The van der Waals surface area contributed by atoms with Crippen molar-refractivity contribution in [3.05, 3.63) is 35.4 Å². The van der Waals surface area contributed by atoms with E-state index in [4.69, 9.17) is 12.2 Å². The third kappa shape index (κ3) is 3.61. The van der Waals surface area contributed by atoms with Gasteiger partial charge < -0.3 is 11.1 Å². The quantitative estimate of drug-likeness (QED) is 0.750. The Bertz CT molecular complexity index is 420. The molecule has 3 N–H and O–H groups in total. The molecule has 1 atom stereocenters. The van der Waals surface area contributed by atoms with Gasteiger partial charge in [0, 0.05) is 5.56 Å². The molecule has 0 fully saturated rings. The fourth-order valence-electron chi connectivity index (χ4n) is 1.61. The van der Waals surface area contributed by atoms with Gasteiger partial charge in [0.05, 0.1) is 6.04 Å². The van der Waals surface area contributed by atoms with Crippen molar-refractivity contribution in [1.29, 1.82) is 0 Å². The van der Waals surface area contributed by atoms with E-state index < -0.39 is 0 Å². The zero-order chi connectivity index (χ0) is 12.7. The van der Waals surface area contributed by atoms with Gasteiger partial charge in [0.2, 0.25) is 0 Å². The van der Waals surface area contributed by atoms with Crippen molar-refractivity contribution in [3.8, 4) is 12.3 Å². The highest BCUT2D eigenvalue weighted by Crippen LogP contribution is 2.09. The summed E-state index contributed by atoms with van der Waals surface area (Å²) in [6.07, 6.45) is 6.74. The highest BCUT2D eigenvalue weighted by atomic mass is 16.1. The van der Waals surface area contributed by atoms with Crippen LogP contribution in [-0.2, 0) is 6.42 Å². The summed E-state index contributed by atoms with van der Waals surface area (Å²) in [5.74, 6) is 2.42. The Morgan fingerprint density at radius 3 is 2.82 bits per heavy atom. The summed E-state index contributed by atoms with van der Waals surface area (Å²) in [7, 11) is 0. The Morgan fingerprint density at radius 1 is 1.53 bits per heavy atom.